The molecule has 112 valence electrons. The minimum atomic E-state index is -0.910. The molecule has 2 heterocycles. The number of hydrogen-bond donors (Lipinski definition) is 0. The van der Waals surface area contributed by atoms with Crippen LogP contribution in [0.5, 0.6) is 0 Å². The third-order valence-electron chi connectivity index (χ3n) is 2.92. The van der Waals surface area contributed by atoms with Gasteiger partial charge in [-0.1, -0.05) is 23.2 Å². The molecule has 3 aromatic rings. The number of aromatic nitrogens is 3. The molecular formula is C12H5Cl2FN4O3. The topological polar surface area (TPSA) is 82.4 Å². The van der Waals surface area contributed by atoms with Gasteiger partial charge in [-0.25, -0.2) is 13.6 Å². The molecule has 3 rings (SSSR count). The summed E-state index contributed by atoms with van der Waals surface area (Å²) in [7, 11) is 0. The molecule has 0 amide bonds. The van der Waals surface area contributed by atoms with Gasteiger partial charge >= 0.3 is 5.69 Å². The average molecular weight is 343 g/mol. The Hall–Kier alpha value is -2.45. The zero-order chi connectivity index (χ0) is 16.0. The summed E-state index contributed by atoms with van der Waals surface area (Å²) in [4.78, 5) is 22.3. The van der Waals surface area contributed by atoms with Crippen molar-refractivity contribution in [3.8, 4) is 5.69 Å². The Morgan fingerprint density at radius 1 is 1.27 bits per heavy atom. The fourth-order valence-electron chi connectivity index (χ4n) is 1.93. The van der Waals surface area contributed by atoms with Crippen molar-refractivity contribution in [2.24, 2.45) is 0 Å². The molecule has 0 saturated carbocycles. The van der Waals surface area contributed by atoms with Crippen LogP contribution in [0.15, 0.2) is 35.3 Å². The van der Waals surface area contributed by atoms with Gasteiger partial charge in [-0.2, -0.15) is 4.68 Å². The van der Waals surface area contributed by atoms with E-state index in [2.05, 4.69) is 5.10 Å². The van der Waals surface area contributed by atoms with E-state index in [9.17, 15) is 19.3 Å². The van der Waals surface area contributed by atoms with Crippen molar-refractivity contribution in [1.82, 2.24) is 14.2 Å². The van der Waals surface area contributed by atoms with Gasteiger partial charge in [-0.3, -0.25) is 10.1 Å². The Morgan fingerprint density at radius 2 is 2.00 bits per heavy atom. The Kier molecular flexibility index (Phi) is 3.34. The van der Waals surface area contributed by atoms with Crippen LogP contribution < -0.4 is 5.69 Å². The number of nitro benzene ring substituents is 1. The van der Waals surface area contributed by atoms with E-state index < -0.39 is 22.1 Å². The summed E-state index contributed by atoms with van der Waals surface area (Å²) in [6, 6.07) is 4.59. The van der Waals surface area contributed by atoms with Gasteiger partial charge in [-0.05, 0) is 12.1 Å². The molecule has 0 spiro atoms. The summed E-state index contributed by atoms with van der Waals surface area (Å²) in [5.74, 6) is -0.910. The maximum absolute atomic E-state index is 14.0. The zero-order valence-electron chi connectivity index (χ0n) is 10.5. The highest BCUT2D eigenvalue weighted by Crippen LogP contribution is 2.28. The van der Waals surface area contributed by atoms with E-state index in [4.69, 9.17) is 23.2 Å². The molecule has 0 bridgehead atoms. The quantitative estimate of drug-likeness (QED) is 0.529. The minimum Gasteiger partial charge on any atom is -0.258 e. The number of benzene rings is 1. The van der Waals surface area contributed by atoms with Crippen molar-refractivity contribution in [2.45, 2.75) is 0 Å². The summed E-state index contributed by atoms with van der Waals surface area (Å²) in [5.41, 5.74) is -1.40. The summed E-state index contributed by atoms with van der Waals surface area (Å²) in [6.07, 6.45) is 1.31. The number of hydrogen-bond acceptors (Lipinski definition) is 4. The first-order chi connectivity index (χ1) is 10.4. The van der Waals surface area contributed by atoms with Crippen LogP contribution in [-0.2, 0) is 0 Å². The van der Waals surface area contributed by atoms with E-state index in [-0.39, 0.29) is 21.4 Å². The fraction of sp³-hybridized carbons (Fsp3) is 0. The lowest BCUT2D eigenvalue weighted by atomic mass is 10.2. The first-order valence-electron chi connectivity index (χ1n) is 5.79. The van der Waals surface area contributed by atoms with Crippen molar-refractivity contribution in [2.75, 3.05) is 0 Å². The van der Waals surface area contributed by atoms with Crippen molar-refractivity contribution >= 4 is 34.5 Å². The summed E-state index contributed by atoms with van der Waals surface area (Å²) < 4.78 is 15.8. The van der Waals surface area contributed by atoms with E-state index in [1.807, 2.05) is 0 Å². The maximum Gasteiger partial charge on any atom is 0.355 e. The second kappa shape index (κ2) is 5.08. The van der Waals surface area contributed by atoms with Crippen molar-refractivity contribution in [1.29, 1.82) is 0 Å². The molecule has 2 aromatic heterocycles. The second-order valence-electron chi connectivity index (χ2n) is 4.28. The van der Waals surface area contributed by atoms with E-state index in [0.29, 0.717) is 4.68 Å². The molecule has 0 unspecified atom stereocenters. The van der Waals surface area contributed by atoms with Crippen LogP contribution in [0.3, 0.4) is 0 Å². The van der Waals surface area contributed by atoms with Crippen molar-refractivity contribution in [3.05, 3.63) is 66.9 Å². The summed E-state index contributed by atoms with van der Waals surface area (Å²) in [5, 5.41) is 14.7. The van der Waals surface area contributed by atoms with Gasteiger partial charge in [0, 0.05) is 18.3 Å². The Morgan fingerprint density at radius 3 is 2.68 bits per heavy atom. The maximum atomic E-state index is 14.0. The van der Waals surface area contributed by atoms with E-state index in [0.717, 1.165) is 16.5 Å². The highest BCUT2D eigenvalue weighted by Gasteiger charge is 2.20. The number of nitrogens with zero attached hydrogens (tertiary/aromatic N) is 4. The Labute approximate surface area is 131 Å². The molecule has 1 aromatic carbocycles. The van der Waals surface area contributed by atoms with Crippen LogP contribution in [0.1, 0.15) is 0 Å². The molecule has 7 nitrogen and oxygen atoms in total. The first-order valence-corrected chi connectivity index (χ1v) is 6.55. The molecule has 0 N–H and O–H groups in total. The highest BCUT2D eigenvalue weighted by atomic mass is 35.5. The van der Waals surface area contributed by atoms with Crippen LogP contribution >= 0.6 is 23.2 Å². The van der Waals surface area contributed by atoms with E-state index >= 15 is 0 Å². The Balaban J connectivity index is 2.32. The second-order valence-corrected chi connectivity index (χ2v) is 5.13. The van der Waals surface area contributed by atoms with Crippen molar-refractivity contribution < 1.29 is 9.31 Å². The number of halogens is 3. The molecule has 0 aliphatic heterocycles. The van der Waals surface area contributed by atoms with E-state index in [1.54, 1.807) is 0 Å². The van der Waals surface area contributed by atoms with Crippen LogP contribution in [0.25, 0.3) is 11.3 Å². The zero-order valence-corrected chi connectivity index (χ0v) is 12.0. The average Bonchev–Trinajstić information content (AvgIpc) is 2.76. The van der Waals surface area contributed by atoms with Crippen LogP contribution in [0, 0.1) is 15.9 Å². The van der Waals surface area contributed by atoms with Gasteiger partial charge in [0.1, 0.15) is 10.7 Å². The number of nitro groups is 1. The lowest BCUT2D eigenvalue weighted by molar-refractivity contribution is -0.384. The van der Waals surface area contributed by atoms with Gasteiger partial charge in [0.25, 0.3) is 5.69 Å². The molecule has 0 aliphatic carbocycles. The molecule has 0 saturated heterocycles. The van der Waals surface area contributed by atoms with Crippen LogP contribution in [-0.4, -0.2) is 19.1 Å². The van der Waals surface area contributed by atoms with Gasteiger partial charge in [-0.15, -0.1) is 5.10 Å². The molecule has 10 heteroatoms. The molecule has 0 aliphatic rings. The molecular weight excluding hydrogens is 338 g/mol. The number of rotatable bonds is 2. The SMILES string of the molecule is O=c1n(-c2cc([N+](=O)[O-])c(Cl)cc2F)nc2ccc(Cl)cn12. The smallest absolute Gasteiger partial charge is 0.258 e. The highest BCUT2D eigenvalue weighted by molar-refractivity contribution is 6.32. The predicted octanol–water partition coefficient (Wildman–Crippen LogP) is 2.84. The lowest BCUT2D eigenvalue weighted by Crippen LogP contribution is -2.20. The first kappa shape index (κ1) is 14.5. The van der Waals surface area contributed by atoms with Gasteiger partial charge in [0.05, 0.1) is 9.95 Å². The largest absolute Gasteiger partial charge is 0.355 e. The minimum absolute atomic E-state index is 0.214. The molecule has 22 heavy (non-hydrogen) atoms. The normalized spacial score (nSPS) is 11.0. The summed E-state index contributed by atoms with van der Waals surface area (Å²) >= 11 is 11.4. The lowest BCUT2D eigenvalue weighted by Gasteiger charge is -2.02. The number of pyridine rings is 1. The summed E-state index contributed by atoms with van der Waals surface area (Å²) in [6.45, 7) is 0. The monoisotopic (exact) mass is 342 g/mol. The van der Waals surface area contributed by atoms with Crippen LogP contribution in [0.2, 0.25) is 10.0 Å². The third kappa shape index (κ3) is 2.22. The van der Waals surface area contributed by atoms with Crippen molar-refractivity contribution in [3.63, 3.8) is 0 Å². The Bertz CT molecular complexity index is 982. The van der Waals surface area contributed by atoms with Gasteiger partial charge in [0.2, 0.25) is 0 Å². The van der Waals surface area contributed by atoms with Crippen LogP contribution in [0.4, 0.5) is 10.1 Å². The molecule has 0 atom stereocenters. The fourth-order valence-corrected chi connectivity index (χ4v) is 2.31. The van der Waals surface area contributed by atoms with E-state index in [1.165, 1.54) is 18.3 Å². The number of fused-ring (bicyclic) bond motifs is 1. The molecule has 0 radical (unpaired) electrons. The molecule has 0 fully saturated rings. The predicted molar refractivity (Wildman–Crippen MR) is 77.4 cm³/mol. The standard InChI is InChI=1S/C12H5Cl2FN4O3/c13-6-1-2-11-16-18(12(20)17(11)5-6)10-4-9(19(21)22)7(14)3-8(10)15/h1-5H. The van der Waals surface area contributed by atoms with Gasteiger partial charge < -0.3 is 0 Å². The van der Waals surface area contributed by atoms with Gasteiger partial charge in [0.15, 0.2) is 11.5 Å². The third-order valence-corrected chi connectivity index (χ3v) is 3.45.